The molecule has 0 aliphatic carbocycles. The summed E-state index contributed by atoms with van der Waals surface area (Å²) in [5.74, 6) is -1.47. The number of hydrogen-bond donors (Lipinski definition) is 3. The van der Waals surface area contributed by atoms with Crippen LogP contribution in [-0.4, -0.2) is 24.4 Å². The number of anilines is 2. The Bertz CT molecular complexity index is 1140. The minimum Gasteiger partial charge on any atom is -0.504 e. The molecule has 2 aromatic carbocycles. The van der Waals surface area contributed by atoms with Crippen molar-refractivity contribution in [1.82, 2.24) is 4.98 Å². The van der Waals surface area contributed by atoms with Crippen LogP contribution in [0.2, 0.25) is 5.02 Å². The first-order chi connectivity index (χ1) is 13.3. The molecule has 0 unspecified atom stereocenters. The maximum absolute atomic E-state index is 13.0. The summed E-state index contributed by atoms with van der Waals surface area (Å²) in [5.41, 5.74) is 0.0372. The summed E-state index contributed by atoms with van der Waals surface area (Å²) < 4.78 is 40.2. The van der Waals surface area contributed by atoms with E-state index in [9.17, 15) is 22.7 Å². The minimum absolute atomic E-state index is 0.0381. The Kier molecular flexibility index (Phi) is 5.48. The average Bonchev–Trinajstić information content (AvgIpc) is 2.65. The van der Waals surface area contributed by atoms with Crippen molar-refractivity contribution in [3.63, 3.8) is 0 Å². The van der Waals surface area contributed by atoms with E-state index in [2.05, 4.69) is 15.0 Å². The zero-order valence-electron chi connectivity index (χ0n) is 14.1. The standard InChI is InChI=1S/C18H13ClFN3O4S/c19-14-8-3-11(18(25)22-17-16(24)2-1-9-21-17)10-15(14)23-28(26,27)13-6-4-12(20)5-7-13/h1-10,23-24H,(H,21,22,25). The molecule has 0 saturated heterocycles. The van der Waals surface area contributed by atoms with Gasteiger partial charge in [-0.1, -0.05) is 11.6 Å². The van der Waals surface area contributed by atoms with E-state index < -0.39 is 21.7 Å². The Morgan fingerprint density at radius 3 is 2.50 bits per heavy atom. The third-order valence-electron chi connectivity index (χ3n) is 3.62. The van der Waals surface area contributed by atoms with Crippen LogP contribution in [0.3, 0.4) is 0 Å². The normalized spacial score (nSPS) is 11.1. The van der Waals surface area contributed by atoms with Crippen LogP contribution in [-0.2, 0) is 10.0 Å². The number of halogens is 2. The average molecular weight is 422 g/mol. The summed E-state index contributed by atoms with van der Waals surface area (Å²) >= 11 is 6.03. The fourth-order valence-electron chi connectivity index (χ4n) is 2.23. The Balaban J connectivity index is 1.86. The maximum atomic E-state index is 13.0. The number of nitrogens with one attached hydrogen (secondary N) is 2. The van der Waals surface area contributed by atoms with Gasteiger partial charge in [0.15, 0.2) is 11.6 Å². The molecular weight excluding hydrogens is 409 g/mol. The number of rotatable bonds is 5. The molecule has 1 aromatic heterocycles. The second kappa shape index (κ2) is 7.83. The number of hydrogen-bond acceptors (Lipinski definition) is 5. The Morgan fingerprint density at radius 1 is 1.11 bits per heavy atom. The lowest BCUT2D eigenvalue weighted by atomic mass is 10.2. The number of carbonyl (C=O) groups excluding carboxylic acids is 1. The van der Waals surface area contributed by atoms with Crippen molar-refractivity contribution in [2.24, 2.45) is 0 Å². The summed E-state index contributed by atoms with van der Waals surface area (Å²) in [6.07, 6.45) is 1.39. The predicted molar refractivity (Wildman–Crippen MR) is 103 cm³/mol. The van der Waals surface area contributed by atoms with Gasteiger partial charge >= 0.3 is 0 Å². The van der Waals surface area contributed by atoms with Gasteiger partial charge in [0.1, 0.15) is 5.82 Å². The molecule has 0 atom stereocenters. The minimum atomic E-state index is -4.05. The largest absolute Gasteiger partial charge is 0.504 e. The fourth-order valence-corrected chi connectivity index (χ4v) is 3.53. The number of aromatic hydroxyl groups is 1. The Labute approximate surface area is 164 Å². The van der Waals surface area contributed by atoms with Gasteiger partial charge in [-0.2, -0.15) is 0 Å². The van der Waals surface area contributed by atoms with Gasteiger partial charge < -0.3 is 10.4 Å². The van der Waals surface area contributed by atoms with Crippen LogP contribution in [0.15, 0.2) is 65.7 Å². The van der Waals surface area contributed by atoms with Gasteiger partial charge in [-0.15, -0.1) is 0 Å². The highest BCUT2D eigenvalue weighted by Crippen LogP contribution is 2.27. The molecule has 28 heavy (non-hydrogen) atoms. The first-order valence-corrected chi connectivity index (χ1v) is 9.65. The van der Waals surface area contributed by atoms with Crippen molar-refractivity contribution in [3.05, 3.63) is 77.2 Å². The molecule has 3 aromatic rings. The van der Waals surface area contributed by atoms with Gasteiger partial charge in [-0.25, -0.2) is 17.8 Å². The lowest BCUT2D eigenvalue weighted by Crippen LogP contribution is -2.16. The maximum Gasteiger partial charge on any atom is 0.261 e. The second-order valence-electron chi connectivity index (χ2n) is 5.58. The molecule has 7 nitrogen and oxygen atoms in total. The third-order valence-corrected chi connectivity index (χ3v) is 5.33. The van der Waals surface area contributed by atoms with Crippen molar-refractivity contribution < 1.29 is 22.7 Å². The van der Waals surface area contributed by atoms with E-state index >= 15 is 0 Å². The van der Waals surface area contributed by atoms with Crippen molar-refractivity contribution in [3.8, 4) is 5.75 Å². The molecule has 0 spiro atoms. The Hall–Kier alpha value is -3.17. The summed E-state index contributed by atoms with van der Waals surface area (Å²) in [4.78, 5) is 16.1. The van der Waals surface area contributed by atoms with E-state index in [0.29, 0.717) is 0 Å². The molecule has 3 rings (SSSR count). The summed E-state index contributed by atoms with van der Waals surface area (Å²) in [6.45, 7) is 0. The molecule has 0 aliphatic heterocycles. The summed E-state index contributed by atoms with van der Waals surface area (Å²) in [5, 5.41) is 12.2. The zero-order chi connectivity index (χ0) is 20.3. The van der Waals surface area contributed by atoms with Crippen LogP contribution >= 0.6 is 11.6 Å². The number of benzene rings is 2. The molecule has 10 heteroatoms. The number of nitrogens with zero attached hydrogens (tertiary/aromatic N) is 1. The van der Waals surface area contributed by atoms with E-state index in [-0.39, 0.29) is 32.7 Å². The van der Waals surface area contributed by atoms with Gasteiger partial charge in [0.25, 0.3) is 15.9 Å². The van der Waals surface area contributed by atoms with E-state index in [4.69, 9.17) is 11.6 Å². The quantitative estimate of drug-likeness (QED) is 0.583. The number of pyridine rings is 1. The number of sulfonamides is 1. The van der Waals surface area contributed by atoms with Gasteiger partial charge in [0.05, 0.1) is 15.6 Å². The molecular formula is C18H13ClFN3O4S. The highest BCUT2D eigenvalue weighted by Gasteiger charge is 2.18. The van der Waals surface area contributed by atoms with Crippen molar-refractivity contribution in [2.45, 2.75) is 4.90 Å². The van der Waals surface area contributed by atoms with Crippen LogP contribution in [0.5, 0.6) is 5.75 Å². The van der Waals surface area contributed by atoms with Crippen LogP contribution in [0, 0.1) is 5.82 Å². The lowest BCUT2D eigenvalue weighted by Gasteiger charge is -2.12. The molecule has 0 saturated carbocycles. The highest BCUT2D eigenvalue weighted by atomic mass is 35.5. The zero-order valence-corrected chi connectivity index (χ0v) is 15.6. The molecule has 0 fully saturated rings. The predicted octanol–water partition coefficient (Wildman–Crippen LogP) is 3.63. The molecule has 1 heterocycles. The third kappa shape index (κ3) is 4.38. The van der Waals surface area contributed by atoms with Crippen LogP contribution in [0.4, 0.5) is 15.9 Å². The smallest absolute Gasteiger partial charge is 0.261 e. The van der Waals surface area contributed by atoms with E-state index in [1.54, 1.807) is 0 Å². The van der Waals surface area contributed by atoms with Crippen molar-refractivity contribution in [2.75, 3.05) is 10.0 Å². The van der Waals surface area contributed by atoms with E-state index in [1.165, 1.54) is 36.5 Å². The number of aromatic nitrogens is 1. The first kappa shape index (κ1) is 19.6. The van der Waals surface area contributed by atoms with E-state index in [1.807, 2.05) is 0 Å². The summed E-state index contributed by atoms with van der Waals surface area (Å²) in [7, 11) is -4.05. The molecule has 144 valence electrons. The number of carbonyl (C=O) groups is 1. The van der Waals surface area contributed by atoms with Crippen LogP contribution < -0.4 is 10.0 Å². The van der Waals surface area contributed by atoms with Gasteiger partial charge in [0, 0.05) is 11.8 Å². The first-order valence-electron chi connectivity index (χ1n) is 7.79. The van der Waals surface area contributed by atoms with E-state index in [0.717, 1.165) is 24.3 Å². The van der Waals surface area contributed by atoms with Crippen LogP contribution in [0.25, 0.3) is 0 Å². The Morgan fingerprint density at radius 2 is 1.82 bits per heavy atom. The van der Waals surface area contributed by atoms with Gasteiger partial charge in [-0.05, 0) is 54.6 Å². The monoisotopic (exact) mass is 421 g/mol. The second-order valence-corrected chi connectivity index (χ2v) is 7.67. The fraction of sp³-hybridized carbons (Fsp3) is 0. The molecule has 0 bridgehead atoms. The molecule has 0 aliphatic rings. The van der Waals surface area contributed by atoms with Crippen molar-refractivity contribution >= 4 is 39.0 Å². The highest BCUT2D eigenvalue weighted by molar-refractivity contribution is 7.92. The van der Waals surface area contributed by atoms with Gasteiger partial charge in [-0.3, -0.25) is 9.52 Å². The number of amides is 1. The molecule has 0 radical (unpaired) electrons. The van der Waals surface area contributed by atoms with Crippen molar-refractivity contribution in [1.29, 1.82) is 0 Å². The topological polar surface area (TPSA) is 108 Å². The lowest BCUT2D eigenvalue weighted by molar-refractivity contribution is 0.102. The van der Waals surface area contributed by atoms with Gasteiger partial charge in [0.2, 0.25) is 0 Å². The van der Waals surface area contributed by atoms with Crippen LogP contribution in [0.1, 0.15) is 10.4 Å². The molecule has 1 amide bonds. The summed E-state index contributed by atoms with van der Waals surface area (Å²) in [6, 6.07) is 11.0. The SMILES string of the molecule is O=C(Nc1ncccc1O)c1ccc(Cl)c(NS(=O)(=O)c2ccc(F)cc2)c1. The molecule has 3 N–H and O–H groups in total.